The maximum atomic E-state index is 13.7. The van der Waals surface area contributed by atoms with Crippen molar-refractivity contribution in [3.63, 3.8) is 0 Å². The van der Waals surface area contributed by atoms with Crippen molar-refractivity contribution in [3.05, 3.63) is 30.0 Å². The van der Waals surface area contributed by atoms with Crippen LogP contribution in [0.3, 0.4) is 0 Å². The fraction of sp³-hybridized carbons (Fsp3) is 0.538. The molecule has 0 amide bonds. The van der Waals surface area contributed by atoms with Gasteiger partial charge in [0.2, 0.25) is 0 Å². The molecule has 1 saturated heterocycles. The zero-order valence-electron chi connectivity index (χ0n) is 12.6. The van der Waals surface area contributed by atoms with Crippen molar-refractivity contribution < 1.29 is 17.6 Å². The SMILES string of the molecule is Fc1cccnc1N1CCN(Cc2nnnn2CC(F)(F)F)CC1. The van der Waals surface area contributed by atoms with Crippen LogP contribution in [0.4, 0.5) is 23.4 Å². The minimum absolute atomic E-state index is 0.157. The van der Waals surface area contributed by atoms with Crippen molar-refractivity contribution in [2.24, 2.45) is 0 Å². The molecule has 0 aliphatic carbocycles. The molecule has 0 spiro atoms. The van der Waals surface area contributed by atoms with Gasteiger partial charge in [-0.2, -0.15) is 13.2 Å². The van der Waals surface area contributed by atoms with Crippen LogP contribution < -0.4 is 4.90 Å². The first kappa shape index (κ1) is 16.6. The predicted molar refractivity (Wildman–Crippen MR) is 75.6 cm³/mol. The summed E-state index contributed by atoms with van der Waals surface area (Å²) in [5.41, 5.74) is 0. The van der Waals surface area contributed by atoms with Gasteiger partial charge in [0.05, 0.1) is 6.54 Å². The quantitative estimate of drug-likeness (QED) is 0.773. The molecular weight excluding hydrogens is 330 g/mol. The molecule has 3 heterocycles. The molecule has 0 N–H and O–H groups in total. The van der Waals surface area contributed by atoms with E-state index in [1.54, 1.807) is 0 Å². The number of hydrogen-bond acceptors (Lipinski definition) is 6. The summed E-state index contributed by atoms with van der Waals surface area (Å²) >= 11 is 0. The predicted octanol–water partition coefficient (Wildman–Crippen LogP) is 1.09. The Kier molecular flexibility index (Phi) is 4.60. The second kappa shape index (κ2) is 6.67. The van der Waals surface area contributed by atoms with Crippen LogP contribution in [0.5, 0.6) is 0 Å². The van der Waals surface area contributed by atoms with Gasteiger partial charge in [-0.3, -0.25) is 4.90 Å². The lowest BCUT2D eigenvalue weighted by Gasteiger charge is -2.35. The van der Waals surface area contributed by atoms with E-state index in [2.05, 4.69) is 20.5 Å². The standard InChI is InChI=1S/C13H15F4N7/c14-10-2-1-3-18-12(10)23-6-4-22(5-7-23)8-11-19-20-21-24(11)9-13(15,16)17/h1-3H,4-9H2. The van der Waals surface area contributed by atoms with E-state index < -0.39 is 12.7 Å². The fourth-order valence-corrected chi connectivity index (χ4v) is 2.56. The minimum Gasteiger partial charge on any atom is -0.352 e. The largest absolute Gasteiger partial charge is 0.408 e. The Bertz CT molecular complexity index is 679. The van der Waals surface area contributed by atoms with E-state index in [0.29, 0.717) is 32.0 Å². The fourth-order valence-electron chi connectivity index (χ4n) is 2.56. The number of tetrazole rings is 1. The average molecular weight is 345 g/mol. The van der Waals surface area contributed by atoms with Crippen LogP contribution >= 0.6 is 0 Å². The smallest absolute Gasteiger partial charge is 0.352 e. The first-order valence-electron chi connectivity index (χ1n) is 7.32. The molecule has 0 unspecified atom stereocenters. The van der Waals surface area contributed by atoms with Crippen LogP contribution in [0.1, 0.15) is 5.82 Å². The molecule has 2 aromatic rings. The summed E-state index contributed by atoms with van der Waals surface area (Å²) in [5, 5.41) is 10.4. The number of anilines is 1. The van der Waals surface area contributed by atoms with Gasteiger partial charge in [-0.25, -0.2) is 14.1 Å². The molecule has 1 aliphatic rings. The van der Waals surface area contributed by atoms with E-state index in [0.717, 1.165) is 4.68 Å². The molecule has 2 aromatic heterocycles. The van der Waals surface area contributed by atoms with Crippen LogP contribution in [-0.2, 0) is 13.1 Å². The van der Waals surface area contributed by atoms with Gasteiger partial charge in [0.1, 0.15) is 6.54 Å². The zero-order chi connectivity index (χ0) is 17.2. The van der Waals surface area contributed by atoms with E-state index in [9.17, 15) is 17.6 Å². The van der Waals surface area contributed by atoms with Gasteiger partial charge in [-0.15, -0.1) is 5.10 Å². The van der Waals surface area contributed by atoms with E-state index in [-0.39, 0.29) is 18.2 Å². The monoisotopic (exact) mass is 345 g/mol. The molecular formula is C13H15F4N7. The number of hydrogen-bond donors (Lipinski definition) is 0. The Labute approximate surface area is 134 Å². The molecule has 0 bridgehead atoms. The van der Waals surface area contributed by atoms with Gasteiger partial charge in [-0.1, -0.05) is 0 Å². The Hall–Kier alpha value is -2.30. The number of alkyl halides is 3. The summed E-state index contributed by atoms with van der Waals surface area (Å²) in [6.07, 6.45) is -2.85. The Morgan fingerprint density at radius 2 is 1.88 bits per heavy atom. The number of rotatable bonds is 4. The lowest BCUT2D eigenvalue weighted by molar-refractivity contribution is -0.143. The Morgan fingerprint density at radius 3 is 2.54 bits per heavy atom. The summed E-state index contributed by atoms with van der Waals surface area (Å²) in [4.78, 5) is 7.76. The summed E-state index contributed by atoms with van der Waals surface area (Å²) in [6, 6.07) is 2.87. The van der Waals surface area contributed by atoms with Crippen LogP contribution in [0, 0.1) is 5.82 Å². The van der Waals surface area contributed by atoms with E-state index in [1.165, 1.54) is 18.3 Å². The number of piperazine rings is 1. The van der Waals surface area contributed by atoms with Gasteiger partial charge in [0, 0.05) is 32.4 Å². The molecule has 0 aromatic carbocycles. The Balaban J connectivity index is 1.58. The first-order chi connectivity index (χ1) is 11.4. The second-order valence-electron chi connectivity index (χ2n) is 5.44. The molecule has 3 rings (SSSR count). The molecule has 0 atom stereocenters. The van der Waals surface area contributed by atoms with E-state index >= 15 is 0 Å². The van der Waals surface area contributed by atoms with Crippen molar-refractivity contribution in [2.75, 3.05) is 31.1 Å². The maximum Gasteiger partial charge on any atom is 0.408 e. The van der Waals surface area contributed by atoms with Gasteiger partial charge < -0.3 is 4.90 Å². The molecule has 130 valence electrons. The van der Waals surface area contributed by atoms with Crippen LogP contribution in [0.2, 0.25) is 0 Å². The molecule has 11 heteroatoms. The highest BCUT2D eigenvalue weighted by Gasteiger charge is 2.30. The average Bonchev–Trinajstić information content (AvgIpc) is 2.94. The molecule has 24 heavy (non-hydrogen) atoms. The second-order valence-corrected chi connectivity index (χ2v) is 5.44. The van der Waals surface area contributed by atoms with Gasteiger partial charge in [0.25, 0.3) is 0 Å². The summed E-state index contributed by atoms with van der Waals surface area (Å²) in [6.45, 7) is 1.14. The minimum atomic E-state index is -4.38. The highest BCUT2D eigenvalue weighted by Crippen LogP contribution is 2.19. The van der Waals surface area contributed by atoms with Crippen molar-refractivity contribution in [3.8, 4) is 0 Å². The highest BCUT2D eigenvalue weighted by molar-refractivity contribution is 5.40. The van der Waals surface area contributed by atoms with Crippen molar-refractivity contribution in [2.45, 2.75) is 19.3 Å². The third-order valence-electron chi connectivity index (χ3n) is 3.71. The van der Waals surface area contributed by atoms with E-state index in [4.69, 9.17) is 0 Å². The summed E-state index contributed by atoms with van der Waals surface area (Å²) in [5.74, 6) is 0.0592. The van der Waals surface area contributed by atoms with Crippen LogP contribution in [0.15, 0.2) is 18.3 Å². The van der Waals surface area contributed by atoms with Crippen molar-refractivity contribution >= 4 is 5.82 Å². The Morgan fingerprint density at radius 1 is 1.12 bits per heavy atom. The molecule has 1 aliphatic heterocycles. The van der Waals surface area contributed by atoms with Gasteiger partial charge in [-0.05, 0) is 22.6 Å². The zero-order valence-corrected chi connectivity index (χ0v) is 12.6. The number of pyridine rings is 1. The van der Waals surface area contributed by atoms with Gasteiger partial charge in [0.15, 0.2) is 17.5 Å². The molecule has 0 saturated carbocycles. The summed E-state index contributed by atoms with van der Waals surface area (Å²) in [7, 11) is 0. The van der Waals surface area contributed by atoms with Crippen LogP contribution in [-0.4, -0.2) is 62.4 Å². The van der Waals surface area contributed by atoms with Gasteiger partial charge >= 0.3 is 6.18 Å². The lowest BCUT2D eigenvalue weighted by atomic mass is 10.3. The van der Waals surface area contributed by atoms with Crippen molar-refractivity contribution in [1.82, 2.24) is 30.1 Å². The number of aromatic nitrogens is 5. The lowest BCUT2D eigenvalue weighted by Crippen LogP contribution is -2.47. The number of nitrogens with zero attached hydrogens (tertiary/aromatic N) is 7. The van der Waals surface area contributed by atoms with Crippen molar-refractivity contribution in [1.29, 1.82) is 0 Å². The third kappa shape index (κ3) is 3.96. The van der Waals surface area contributed by atoms with E-state index in [1.807, 2.05) is 9.80 Å². The topological polar surface area (TPSA) is 63.0 Å². The van der Waals surface area contributed by atoms with Crippen LogP contribution in [0.25, 0.3) is 0 Å². The number of halogens is 4. The first-order valence-corrected chi connectivity index (χ1v) is 7.32. The normalized spacial score (nSPS) is 16.6. The summed E-state index contributed by atoms with van der Waals surface area (Å²) < 4.78 is 51.9. The molecule has 7 nitrogen and oxygen atoms in total. The molecule has 0 radical (unpaired) electrons. The maximum absolute atomic E-state index is 13.7. The third-order valence-corrected chi connectivity index (χ3v) is 3.71. The molecule has 1 fully saturated rings. The highest BCUT2D eigenvalue weighted by atomic mass is 19.4.